The second-order valence-corrected chi connectivity index (χ2v) is 10.5. The average Bonchev–Trinajstić information content (AvgIpc) is 3.64. The molecule has 3 N–H and O–H groups in total. The van der Waals surface area contributed by atoms with Gasteiger partial charge in [0.25, 0.3) is 0 Å². The van der Waals surface area contributed by atoms with E-state index in [0.29, 0.717) is 11.6 Å². The number of rotatable bonds is 8. The predicted octanol–water partition coefficient (Wildman–Crippen LogP) is 6.33. The molecule has 248 valence electrons. The molecule has 0 saturated carbocycles. The van der Waals surface area contributed by atoms with Crippen LogP contribution in [0.15, 0.2) is 98.1 Å². The normalized spacial score (nSPS) is 16.8. The Balaban J connectivity index is 0.000000663. The predicted molar refractivity (Wildman–Crippen MR) is 183 cm³/mol. The number of nitrogens with zero attached hydrogens (tertiary/aromatic N) is 4. The Kier molecular flexibility index (Phi) is 22.8. The van der Waals surface area contributed by atoms with Crippen LogP contribution in [0.5, 0.6) is 5.75 Å². The number of piperazine rings is 1. The summed E-state index contributed by atoms with van der Waals surface area (Å²) in [5.74, 6) is 3.20. The Hall–Kier alpha value is -4.20. The van der Waals surface area contributed by atoms with Gasteiger partial charge in [-0.2, -0.15) is 5.10 Å². The minimum atomic E-state index is -0.740. The van der Waals surface area contributed by atoms with Crippen molar-refractivity contribution in [1.82, 2.24) is 20.1 Å². The van der Waals surface area contributed by atoms with Crippen LogP contribution in [-0.2, 0) is 11.8 Å². The Labute approximate surface area is 269 Å². The lowest BCUT2D eigenvalue weighted by molar-refractivity contribution is 0.0341. The Morgan fingerprint density at radius 3 is 2.31 bits per heavy atom. The second-order valence-electron chi connectivity index (χ2n) is 10.5. The molecule has 0 aliphatic carbocycles. The van der Waals surface area contributed by atoms with Crippen LogP contribution in [0, 0.1) is 18.3 Å². The molecule has 8 nitrogen and oxygen atoms in total. The van der Waals surface area contributed by atoms with Crippen molar-refractivity contribution in [2.24, 2.45) is 18.7 Å². The van der Waals surface area contributed by atoms with E-state index in [1.165, 1.54) is 24.2 Å². The number of nitrogens with one attached hydrogen (secondary N) is 1. The van der Waals surface area contributed by atoms with Crippen LogP contribution in [0.3, 0.4) is 0 Å². The average molecular weight is 627 g/mol. The van der Waals surface area contributed by atoms with E-state index < -0.39 is 12.5 Å². The lowest BCUT2D eigenvalue weighted by Gasteiger charge is -2.29. The third-order valence-electron chi connectivity index (χ3n) is 5.87. The molecule has 0 radical (unpaired) electrons. The minimum Gasteiger partial charge on any atom is -0.493 e. The molecule has 1 aromatic heterocycles. The largest absolute Gasteiger partial charge is 0.493 e. The van der Waals surface area contributed by atoms with Gasteiger partial charge in [0.2, 0.25) is 0 Å². The third kappa shape index (κ3) is 22.0. The van der Waals surface area contributed by atoms with Gasteiger partial charge in [-0.15, -0.1) is 12.3 Å². The maximum absolute atomic E-state index is 11.9. The number of terminal acetylenes is 1. The number of nitrogens with two attached hydrogens (primary N) is 1. The minimum absolute atomic E-state index is 0.0141. The Morgan fingerprint density at radius 2 is 1.91 bits per heavy atom. The lowest BCUT2D eigenvalue weighted by Crippen LogP contribution is -2.43. The quantitative estimate of drug-likeness (QED) is 0.261. The van der Waals surface area contributed by atoms with Crippen molar-refractivity contribution >= 4 is 5.69 Å². The highest BCUT2D eigenvalue weighted by Gasteiger charge is 2.32. The highest BCUT2D eigenvalue weighted by atomic mass is 19.1. The smallest absolute Gasteiger partial charge is 0.137 e. The summed E-state index contributed by atoms with van der Waals surface area (Å²) in [4.78, 5) is 6.08. The van der Waals surface area contributed by atoms with Crippen molar-refractivity contribution in [3.05, 3.63) is 98.1 Å². The fraction of sp³-hybridized carbons (Fsp3) is 0.429. The number of allylic oxidation sites excluding steroid dienone is 7. The van der Waals surface area contributed by atoms with Crippen LogP contribution in [0.1, 0.15) is 34.1 Å². The van der Waals surface area contributed by atoms with Crippen molar-refractivity contribution in [2.45, 2.75) is 39.7 Å². The third-order valence-corrected chi connectivity index (χ3v) is 5.87. The Bertz CT molecular complexity index is 1180. The molecular formula is C35H52F2N6O2. The summed E-state index contributed by atoms with van der Waals surface area (Å²) in [6.07, 6.45) is 17.5. The molecule has 0 spiro atoms. The number of halogens is 2. The summed E-state index contributed by atoms with van der Waals surface area (Å²) in [7, 11) is 1.83. The van der Waals surface area contributed by atoms with Crippen LogP contribution in [0.4, 0.5) is 14.5 Å². The molecule has 2 aliphatic rings. The molecule has 1 atom stereocenters. The second kappa shape index (κ2) is 25.2. The SMILES string of the molecule is C#CC.C/C=C\C(F)=C/CF.C=C/C=C\C(=C)N.CC1(C)C[C@H](COc2ccc(N3CCNCC3)cc2)CO1.Cn1cncn1. The van der Waals surface area contributed by atoms with Gasteiger partial charge in [-0.1, -0.05) is 31.4 Å². The maximum Gasteiger partial charge on any atom is 0.137 e. The van der Waals surface area contributed by atoms with Gasteiger partial charge in [0.1, 0.15) is 30.9 Å². The van der Waals surface area contributed by atoms with Crippen molar-refractivity contribution < 1.29 is 18.3 Å². The van der Waals surface area contributed by atoms with Gasteiger partial charge in [0.05, 0.1) is 18.8 Å². The summed E-state index contributed by atoms with van der Waals surface area (Å²) in [5, 5.41) is 7.10. The first-order valence-corrected chi connectivity index (χ1v) is 14.8. The standard InChI is InChI=1S/C17H26N2O2.C6H8F2.C6H9N.C3H5N3.C3H4/c1-17(2)11-14(13-21-17)12-20-16-5-3-15(4-6-16)19-9-7-18-8-10-19;1-2-3-6(8)4-5-7;1-3-4-5-6(2)7;1-6-3-4-2-5-6;1-3-2/h3-6,14,18H,7-13H2,1-2H3;2-4H,5H2,1H3;3-5H,1-2,7H2;2-3H,1H3;1H,2H3/b;3-2-,6-4+;5-4-;;/t14-;;;;/m1..../s1. The van der Waals surface area contributed by atoms with Crippen LogP contribution in [0.25, 0.3) is 0 Å². The van der Waals surface area contributed by atoms with Crippen LogP contribution in [0.2, 0.25) is 0 Å². The number of aryl methyl sites for hydroxylation is 1. The number of alkyl halides is 1. The molecule has 45 heavy (non-hydrogen) atoms. The zero-order chi connectivity index (χ0) is 33.9. The van der Waals surface area contributed by atoms with Gasteiger partial charge in [-0.05, 0) is 76.6 Å². The molecule has 4 rings (SSSR count). The molecule has 2 aliphatic heterocycles. The first kappa shape index (κ1) is 40.8. The molecule has 3 heterocycles. The van der Waals surface area contributed by atoms with Crippen molar-refractivity contribution in [3.63, 3.8) is 0 Å². The molecule has 0 unspecified atom stereocenters. The van der Waals surface area contributed by atoms with E-state index in [-0.39, 0.29) is 5.60 Å². The fourth-order valence-corrected chi connectivity index (χ4v) is 3.91. The van der Waals surface area contributed by atoms with Gasteiger partial charge < -0.3 is 25.4 Å². The molecule has 2 saturated heterocycles. The van der Waals surface area contributed by atoms with E-state index in [9.17, 15) is 8.78 Å². The molecule has 2 aromatic rings. The van der Waals surface area contributed by atoms with E-state index in [1.54, 1.807) is 43.1 Å². The van der Waals surface area contributed by atoms with Crippen LogP contribution >= 0.6 is 0 Å². The summed E-state index contributed by atoms with van der Waals surface area (Å²) in [6, 6.07) is 8.49. The highest BCUT2D eigenvalue weighted by molar-refractivity contribution is 5.49. The molecule has 2 fully saturated rings. The van der Waals surface area contributed by atoms with Gasteiger partial charge in [-0.25, -0.2) is 13.8 Å². The monoisotopic (exact) mass is 626 g/mol. The number of hydrogen-bond acceptors (Lipinski definition) is 7. The molecule has 0 amide bonds. The van der Waals surface area contributed by atoms with Gasteiger partial charge in [0.15, 0.2) is 0 Å². The van der Waals surface area contributed by atoms with Crippen LogP contribution in [-0.4, -0.2) is 66.4 Å². The Morgan fingerprint density at radius 1 is 1.27 bits per heavy atom. The summed E-state index contributed by atoms with van der Waals surface area (Å²) < 4.78 is 36.5. The molecular weight excluding hydrogens is 574 g/mol. The number of anilines is 1. The first-order valence-electron chi connectivity index (χ1n) is 14.8. The van der Waals surface area contributed by atoms with E-state index in [1.807, 2.05) is 7.05 Å². The maximum atomic E-state index is 11.9. The van der Waals surface area contributed by atoms with E-state index in [4.69, 9.17) is 15.2 Å². The summed E-state index contributed by atoms with van der Waals surface area (Å²) >= 11 is 0. The lowest BCUT2D eigenvalue weighted by atomic mass is 9.99. The highest BCUT2D eigenvalue weighted by Crippen LogP contribution is 2.29. The molecule has 10 heteroatoms. The number of ether oxygens (including phenoxy) is 2. The first-order chi connectivity index (χ1) is 21.5. The van der Waals surface area contributed by atoms with Gasteiger partial charge in [0, 0.05) is 50.5 Å². The number of aromatic nitrogens is 3. The van der Waals surface area contributed by atoms with Crippen LogP contribution < -0.4 is 20.7 Å². The van der Waals surface area contributed by atoms with Gasteiger partial charge >= 0.3 is 0 Å². The van der Waals surface area contributed by atoms with E-state index >= 15 is 0 Å². The van der Waals surface area contributed by atoms with E-state index in [0.717, 1.165) is 57.6 Å². The molecule has 1 aromatic carbocycles. The topological polar surface area (TPSA) is 90.5 Å². The van der Waals surface area contributed by atoms with E-state index in [2.05, 4.69) is 83.9 Å². The summed E-state index contributed by atoms with van der Waals surface area (Å²) in [5.41, 5.74) is 7.01. The van der Waals surface area contributed by atoms with Gasteiger partial charge in [-0.3, -0.25) is 4.68 Å². The summed E-state index contributed by atoms with van der Waals surface area (Å²) in [6.45, 7) is 19.6. The van der Waals surface area contributed by atoms with Crippen molar-refractivity contribution in [1.29, 1.82) is 0 Å². The van der Waals surface area contributed by atoms with Crippen molar-refractivity contribution in [2.75, 3.05) is 51.0 Å². The van der Waals surface area contributed by atoms with Crippen molar-refractivity contribution in [3.8, 4) is 18.1 Å². The molecule has 0 bridgehead atoms. The number of hydrogen-bond donors (Lipinski definition) is 2. The number of benzene rings is 1. The fourth-order valence-electron chi connectivity index (χ4n) is 3.91. The zero-order valence-electron chi connectivity index (χ0n) is 27.6. The zero-order valence-corrected chi connectivity index (χ0v) is 27.6.